The number of carbonyl (C=O) groups excluding carboxylic acids is 1. The van der Waals surface area contributed by atoms with Crippen molar-refractivity contribution in [3.8, 4) is 0 Å². The van der Waals surface area contributed by atoms with Crippen LogP contribution in [-0.4, -0.2) is 33.0 Å². The number of aryl methyl sites for hydroxylation is 2. The van der Waals surface area contributed by atoms with Crippen LogP contribution in [0.1, 0.15) is 26.7 Å². The van der Waals surface area contributed by atoms with Gasteiger partial charge in [0.15, 0.2) is 5.58 Å². The highest BCUT2D eigenvalue weighted by Gasteiger charge is 2.16. The van der Waals surface area contributed by atoms with E-state index in [1.807, 2.05) is 19.9 Å². The Bertz CT molecular complexity index is 983. The van der Waals surface area contributed by atoms with Crippen molar-refractivity contribution in [1.82, 2.24) is 14.3 Å². The van der Waals surface area contributed by atoms with Gasteiger partial charge in [-0.3, -0.25) is 14.0 Å². The predicted octanol–water partition coefficient (Wildman–Crippen LogP) is 2.63. The predicted molar refractivity (Wildman–Crippen MR) is 102 cm³/mol. The van der Waals surface area contributed by atoms with Gasteiger partial charge in [-0.2, -0.15) is 5.10 Å². The Morgan fingerprint density at radius 2 is 2.07 bits per heavy atom. The number of aromatic nitrogens is 3. The molecule has 0 saturated carbocycles. The zero-order chi connectivity index (χ0) is 19.4. The molecule has 1 amide bonds. The first kappa shape index (κ1) is 18.9. The fourth-order valence-corrected chi connectivity index (χ4v) is 2.70. The van der Waals surface area contributed by atoms with E-state index in [1.54, 1.807) is 42.4 Å². The number of hydrogen-bond donors (Lipinski definition) is 1. The Labute approximate surface area is 156 Å². The highest BCUT2D eigenvalue weighted by Crippen LogP contribution is 2.15. The standard InChI is InChI=1S/C19H24N4O4/c1-19(2,26-3)9-11-22-13-14(12-20-22)21-17(24)8-10-23-15-6-4-5-7-16(15)27-18(23)25/h4-7,12-13H,8-11H2,1-3H3,(H,21,24). The number of benzene rings is 1. The van der Waals surface area contributed by atoms with Crippen LogP contribution in [0.4, 0.5) is 5.69 Å². The maximum Gasteiger partial charge on any atom is 0.419 e. The van der Waals surface area contributed by atoms with Gasteiger partial charge in [0.1, 0.15) is 0 Å². The summed E-state index contributed by atoms with van der Waals surface area (Å²) in [5.41, 5.74) is 1.60. The summed E-state index contributed by atoms with van der Waals surface area (Å²) in [4.78, 5) is 24.1. The number of nitrogens with zero attached hydrogens (tertiary/aromatic N) is 3. The summed E-state index contributed by atoms with van der Waals surface area (Å²) < 4.78 is 13.8. The number of anilines is 1. The van der Waals surface area contributed by atoms with Crippen LogP contribution in [0.2, 0.25) is 0 Å². The minimum atomic E-state index is -0.461. The molecule has 2 heterocycles. The molecule has 0 spiro atoms. The summed E-state index contributed by atoms with van der Waals surface area (Å²) in [6.07, 6.45) is 4.35. The Kier molecular flexibility index (Phi) is 5.46. The van der Waals surface area contributed by atoms with E-state index in [0.29, 0.717) is 23.3 Å². The number of nitrogens with one attached hydrogen (secondary N) is 1. The van der Waals surface area contributed by atoms with Gasteiger partial charge >= 0.3 is 5.76 Å². The summed E-state index contributed by atoms with van der Waals surface area (Å²) in [6.45, 7) is 4.96. The molecule has 8 nitrogen and oxygen atoms in total. The average Bonchev–Trinajstić information content (AvgIpc) is 3.21. The third-order valence-electron chi connectivity index (χ3n) is 4.55. The molecule has 8 heteroatoms. The maximum atomic E-state index is 12.2. The minimum absolute atomic E-state index is 0.158. The van der Waals surface area contributed by atoms with E-state index < -0.39 is 5.76 Å². The van der Waals surface area contributed by atoms with E-state index in [2.05, 4.69) is 10.4 Å². The summed E-state index contributed by atoms with van der Waals surface area (Å²) in [7, 11) is 1.68. The number of amides is 1. The van der Waals surface area contributed by atoms with Crippen molar-refractivity contribution in [1.29, 1.82) is 0 Å². The number of para-hydroxylation sites is 2. The molecule has 0 saturated heterocycles. The van der Waals surface area contributed by atoms with Gasteiger partial charge in [0.25, 0.3) is 0 Å². The lowest BCUT2D eigenvalue weighted by Crippen LogP contribution is -2.24. The second-order valence-electron chi connectivity index (χ2n) is 6.99. The molecule has 1 aromatic carbocycles. The molecule has 3 rings (SSSR count). The fourth-order valence-electron chi connectivity index (χ4n) is 2.70. The van der Waals surface area contributed by atoms with Gasteiger partial charge in [-0.25, -0.2) is 4.79 Å². The smallest absolute Gasteiger partial charge is 0.408 e. The van der Waals surface area contributed by atoms with Gasteiger partial charge < -0.3 is 14.5 Å². The van der Waals surface area contributed by atoms with Gasteiger partial charge in [-0.15, -0.1) is 0 Å². The van der Waals surface area contributed by atoms with Crippen LogP contribution in [0, 0.1) is 0 Å². The number of rotatable bonds is 8. The molecular formula is C19H24N4O4. The number of carbonyl (C=O) groups is 1. The van der Waals surface area contributed by atoms with Crippen LogP contribution in [-0.2, 0) is 22.6 Å². The number of methoxy groups -OCH3 is 1. The number of oxazole rings is 1. The van der Waals surface area contributed by atoms with Crippen molar-refractivity contribution in [3.63, 3.8) is 0 Å². The van der Waals surface area contributed by atoms with Crippen LogP contribution in [0.5, 0.6) is 0 Å². The normalized spacial score (nSPS) is 11.8. The summed E-state index contributed by atoms with van der Waals surface area (Å²) in [5, 5.41) is 7.05. The van der Waals surface area contributed by atoms with Crippen LogP contribution >= 0.6 is 0 Å². The minimum Gasteiger partial charge on any atom is -0.408 e. The lowest BCUT2D eigenvalue weighted by molar-refractivity contribution is -0.116. The molecule has 0 aliphatic rings. The summed E-state index contributed by atoms with van der Waals surface area (Å²) >= 11 is 0. The second kappa shape index (κ2) is 7.79. The molecule has 2 aromatic heterocycles. The molecule has 0 bridgehead atoms. The van der Waals surface area contributed by atoms with Crippen molar-refractivity contribution < 1.29 is 13.9 Å². The quantitative estimate of drug-likeness (QED) is 0.656. The van der Waals surface area contributed by atoms with Crippen LogP contribution in [0.15, 0.2) is 45.9 Å². The molecule has 0 fully saturated rings. The van der Waals surface area contributed by atoms with E-state index in [9.17, 15) is 9.59 Å². The molecule has 144 valence electrons. The van der Waals surface area contributed by atoms with Crippen LogP contribution in [0.3, 0.4) is 0 Å². The van der Waals surface area contributed by atoms with E-state index in [0.717, 1.165) is 6.42 Å². The van der Waals surface area contributed by atoms with Crippen molar-refractivity contribution in [2.45, 2.75) is 45.4 Å². The van der Waals surface area contributed by atoms with Crippen molar-refractivity contribution in [3.05, 3.63) is 47.2 Å². The molecule has 0 aliphatic carbocycles. The lowest BCUT2D eigenvalue weighted by atomic mass is 10.1. The Balaban J connectivity index is 1.55. The zero-order valence-electron chi connectivity index (χ0n) is 15.8. The van der Waals surface area contributed by atoms with Crippen molar-refractivity contribution in [2.75, 3.05) is 12.4 Å². The fraction of sp³-hybridized carbons (Fsp3) is 0.421. The molecule has 1 N–H and O–H groups in total. The monoisotopic (exact) mass is 372 g/mol. The summed E-state index contributed by atoms with van der Waals surface area (Å²) in [6, 6.07) is 7.15. The van der Waals surface area contributed by atoms with Gasteiger partial charge in [0.05, 0.1) is 23.0 Å². The number of ether oxygens (including phenoxy) is 1. The molecule has 3 aromatic rings. The van der Waals surface area contributed by atoms with E-state index in [-0.39, 0.29) is 24.5 Å². The number of fused-ring (bicyclic) bond motifs is 1. The zero-order valence-corrected chi connectivity index (χ0v) is 15.8. The topological polar surface area (TPSA) is 91.3 Å². The Morgan fingerprint density at radius 1 is 1.30 bits per heavy atom. The van der Waals surface area contributed by atoms with Gasteiger partial charge in [0.2, 0.25) is 5.91 Å². The highest BCUT2D eigenvalue weighted by atomic mass is 16.5. The molecule has 0 aliphatic heterocycles. The SMILES string of the molecule is COC(C)(C)CCn1cc(NC(=O)CCn2c(=O)oc3ccccc32)cn1. The molecule has 0 atom stereocenters. The third kappa shape index (κ3) is 4.65. The highest BCUT2D eigenvalue weighted by molar-refractivity contribution is 5.90. The molecule has 0 radical (unpaired) electrons. The van der Waals surface area contributed by atoms with Gasteiger partial charge in [-0.1, -0.05) is 12.1 Å². The first-order chi connectivity index (χ1) is 12.9. The first-order valence-electron chi connectivity index (χ1n) is 8.84. The van der Waals surface area contributed by atoms with Gasteiger partial charge in [-0.05, 0) is 32.4 Å². The Morgan fingerprint density at radius 3 is 2.85 bits per heavy atom. The van der Waals surface area contributed by atoms with Crippen LogP contribution < -0.4 is 11.1 Å². The van der Waals surface area contributed by atoms with Crippen molar-refractivity contribution in [2.24, 2.45) is 0 Å². The third-order valence-corrected chi connectivity index (χ3v) is 4.55. The largest absolute Gasteiger partial charge is 0.419 e. The lowest BCUT2D eigenvalue weighted by Gasteiger charge is -2.22. The van der Waals surface area contributed by atoms with E-state index in [1.165, 1.54) is 4.57 Å². The van der Waals surface area contributed by atoms with Gasteiger partial charge in [0, 0.05) is 32.8 Å². The molecule has 27 heavy (non-hydrogen) atoms. The molecule has 0 unspecified atom stereocenters. The average molecular weight is 372 g/mol. The second-order valence-corrected chi connectivity index (χ2v) is 6.99. The van der Waals surface area contributed by atoms with E-state index >= 15 is 0 Å². The Hall–Kier alpha value is -2.87. The van der Waals surface area contributed by atoms with Crippen molar-refractivity contribution >= 4 is 22.7 Å². The van der Waals surface area contributed by atoms with E-state index in [4.69, 9.17) is 9.15 Å². The maximum absolute atomic E-state index is 12.2. The van der Waals surface area contributed by atoms with Crippen LogP contribution in [0.25, 0.3) is 11.1 Å². The molecular weight excluding hydrogens is 348 g/mol. The number of hydrogen-bond acceptors (Lipinski definition) is 5. The first-order valence-corrected chi connectivity index (χ1v) is 8.84. The summed E-state index contributed by atoms with van der Waals surface area (Å²) in [5.74, 6) is -0.651.